The molecule has 3 aromatic heterocycles. The summed E-state index contributed by atoms with van der Waals surface area (Å²) in [6.07, 6.45) is 0. The number of aromatic nitrogens is 3. The highest BCUT2D eigenvalue weighted by Crippen LogP contribution is 2.39. The molecule has 242 valence electrons. The molecule has 0 radical (unpaired) electrons. The average Bonchev–Trinajstić information content (AvgIpc) is 3.73. The Labute approximate surface area is 300 Å². The highest BCUT2D eigenvalue weighted by atomic mass is 15.0. The van der Waals surface area contributed by atoms with Crippen LogP contribution in [0.5, 0.6) is 0 Å². The Morgan fingerprint density at radius 3 is 1.58 bits per heavy atom. The van der Waals surface area contributed by atoms with Crippen molar-refractivity contribution in [2.75, 3.05) is 0 Å². The van der Waals surface area contributed by atoms with Crippen LogP contribution in [-0.4, -0.2) is 14.1 Å². The normalized spacial score (nSPS) is 11.4. The molecule has 10 rings (SSSR count). The summed E-state index contributed by atoms with van der Waals surface area (Å²) >= 11 is 0. The second-order valence-electron chi connectivity index (χ2n) is 13.2. The van der Waals surface area contributed by atoms with Crippen molar-refractivity contribution in [1.29, 1.82) is 5.26 Å². The molecule has 0 saturated carbocycles. The number of hydrogen-bond donors (Lipinski definition) is 0. The predicted molar refractivity (Wildman–Crippen MR) is 214 cm³/mol. The number of pyridine rings is 1. The Bertz CT molecular complexity index is 2980. The molecule has 0 amide bonds. The third-order valence-corrected chi connectivity index (χ3v) is 10.1. The molecule has 0 aliphatic rings. The zero-order chi connectivity index (χ0) is 34.6. The van der Waals surface area contributed by atoms with Gasteiger partial charge in [-0.25, -0.2) is 4.98 Å². The number of nitriles is 1. The quantitative estimate of drug-likeness (QED) is 0.184. The van der Waals surface area contributed by atoms with E-state index < -0.39 is 0 Å². The molecular weight excluding hydrogens is 633 g/mol. The first-order valence-electron chi connectivity index (χ1n) is 17.4. The van der Waals surface area contributed by atoms with Gasteiger partial charge in [0.1, 0.15) is 0 Å². The van der Waals surface area contributed by atoms with Crippen LogP contribution in [0.4, 0.5) is 0 Å². The van der Waals surface area contributed by atoms with Crippen molar-refractivity contribution >= 4 is 43.6 Å². The van der Waals surface area contributed by atoms with E-state index in [2.05, 4.69) is 161 Å². The zero-order valence-electron chi connectivity index (χ0n) is 28.1. The molecule has 0 aliphatic heterocycles. The van der Waals surface area contributed by atoms with Crippen LogP contribution in [0, 0.1) is 11.3 Å². The van der Waals surface area contributed by atoms with Crippen LogP contribution in [0.15, 0.2) is 182 Å². The highest BCUT2D eigenvalue weighted by molar-refractivity contribution is 6.12. The minimum atomic E-state index is 0.626. The molecule has 0 spiro atoms. The van der Waals surface area contributed by atoms with Gasteiger partial charge in [-0.3, -0.25) is 0 Å². The molecule has 52 heavy (non-hydrogen) atoms. The van der Waals surface area contributed by atoms with Crippen LogP contribution < -0.4 is 0 Å². The van der Waals surface area contributed by atoms with Gasteiger partial charge >= 0.3 is 0 Å². The van der Waals surface area contributed by atoms with Gasteiger partial charge in [0.25, 0.3) is 0 Å². The SMILES string of the molecule is N#Cc1cccc(-c2cc(-c3cccc(-c4ccccc4)n3)cc(-n3c4ccccc4c4ccc(-n5c6ccccc6c6ccccc65)cc43)c2)c1. The van der Waals surface area contributed by atoms with Crippen molar-refractivity contribution in [3.63, 3.8) is 0 Å². The van der Waals surface area contributed by atoms with E-state index in [1.165, 1.54) is 32.6 Å². The lowest BCUT2D eigenvalue weighted by Gasteiger charge is -2.15. The molecule has 3 heterocycles. The van der Waals surface area contributed by atoms with E-state index in [1.807, 2.05) is 36.4 Å². The molecular formula is C48H30N4. The van der Waals surface area contributed by atoms with Crippen LogP contribution in [0.3, 0.4) is 0 Å². The van der Waals surface area contributed by atoms with Gasteiger partial charge in [-0.15, -0.1) is 0 Å². The van der Waals surface area contributed by atoms with Gasteiger partial charge in [-0.1, -0.05) is 109 Å². The molecule has 0 unspecified atom stereocenters. The van der Waals surface area contributed by atoms with Crippen LogP contribution in [0.1, 0.15) is 5.56 Å². The standard InChI is InChI=1S/C48H30N4/c49-31-32-12-10-15-34(26-32)35-27-36(44-20-11-19-43(50-44)33-13-2-1-3-14-33)29-38(28-35)52-47-23-9-6-18-41(47)42-25-24-37(30-48(42)52)51-45-21-7-4-16-39(45)40-17-5-8-22-46(40)51/h1-30H. The lowest BCUT2D eigenvalue weighted by molar-refractivity contribution is 1.15. The largest absolute Gasteiger partial charge is 0.309 e. The maximum Gasteiger partial charge on any atom is 0.0991 e. The van der Waals surface area contributed by atoms with Gasteiger partial charge in [0.05, 0.1) is 45.1 Å². The van der Waals surface area contributed by atoms with Crippen molar-refractivity contribution < 1.29 is 0 Å². The molecule has 0 aliphatic carbocycles. The van der Waals surface area contributed by atoms with E-state index >= 15 is 0 Å². The summed E-state index contributed by atoms with van der Waals surface area (Å²) in [6.45, 7) is 0. The van der Waals surface area contributed by atoms with Crippen LogP contribution in [0.25, 0.3) is 88.6 Å². The first-order chi connectivity index (χ1) is 25.7. The first kappa shape index (κ1) is 29.7. The maximum atomic E-state index is 9.79. The monoisotopic (exact) mass is 662 g/mol. The van der Waals surface area contributed by atoms with Gasteiger partial charge in [0, 0.05) is 44.0 Å². The molecule has 4 heteroatoms. The molecule has 4 nitrogen and oxygen atoms in total. The van der Waals surface area contributed by atoms with E-state index in [4.69, 9.17) is 4.98 Å². The van der Waals surface area contributed by atoms with Gasteiger partial charge in [-0.2, -0.15) is 5.26 Å². The van der Waals surface area contributed by atoms with E-state index in [9.17, 15) is 5.26 Å². The summed E-state index contributed by atoms with van der Waals surface area (Å²) in [6, 6.07) is 66.1. The highest BCUT2D eigenvalue weighted by Gasteiger charge is 2.18. The van der Waals surface area contributed by atoms with Crippen LogP contribution in [-0.2, 0) is 0 Å². The van der Waals surface area contributed by atoms with Crippen LogP contribution in [0.2, 0.25) is 0 Å². The minimum absolute atomic E-state index is 0.626. The zero-order valence-corrected chi connectivity index (χ0v) is 28.1. The second kappa shape index (κ2) is 12.0. The van der Waals surface area contributed by atoms with Crippen LogP contribution >= 0.6 is 0 Å². The van der Waals surface area contributed by atoms with E-state index in [-0.39, 0.29) is 0 Å². The minimum Gasteiger partial charge on any atom is -0.309 e. The van der Waals surface area contributed by atoms with Crippen molar-refractivity contribution in [2.24, 2.45) is 0 Å². The van der Waals surface area contributed by atoms with Crippen molar-refractivity contribution in [3.8, 4) is 51.1 Å². The molecule has 0 fully saturated rings. The van der Waals surface area contributed by atoms with Gasteiger partial charge in [0.15, 0.2) is 0 Å². The number of benzene rings is 7. The topological polar surface area (TPSA) is 46.5 Å². The lowest BCUT2D eigenvalue weighted by Crippen LogP contribution is -1.98. The molecule has 0 atom stereocenters. The molecule has 0 bridgehead atoms. The summed E-state index contributed by atoms with van der Waals surface area (Å²) in [5.41, 5.74) is 13.2. The van der Waals surface area contributed by atoms with Gasteiger partial charge in [0.2, 0.25) is 0 Å². The third-order valence-electron chi connectivity index (χ3n) is 10.1. The second-order valence-corrected chi connectivity index (χ2v) is 13.2. The van der Waals surface area contributed by atoms with Gasteiger partial charge < -0.3 is 9.13 Å². The summed E-state index contributed by atoms with van der Waals surface area (Å²) in [4.78, 5) is 5.17. The van der Waals surface area contributed by atoms with E-state index in [0.29, 0.717) is 5.56 Å². The lowest BCUT2D eigenvalue weighted by atomic mass is 9.98. The number of nitrogens with zero attached hydrogens (tertiary/aromatic N) is 4. The maximum absolute atomic E-state index is 9.79. The number of hydrogen-bond acceptors (Lipinski definition) is 2. The van der Waals surface area contributed by atoms with E-state index in [1.54, 1.807) is 0 Å². The molecule has 10 aromatic rings. The number of para-hydroxylation sites is 3. The van der Waals surface area contributed by atoms with Crippen molar-refractivity contribution in [1.82, 2.24) is 14.1 Å². The molecule has 0 N–H and O–H groups in total. The fraction of sp³-hybridized carbons (Fsp3) is 0. The number of fused-ring (bicyclic) bond motifs is 6. The Morgan fingerprint density at radius 1 is 0.365 bits per heavy atom. The Balaban J connectivity index is 1.25. The summed E-state index contributed by atoms with van der Waals surface area (Å²) in [5.74, 6) is 0. The third kappa shape index (κ3) is 4.80. The Kier molecular flexibility index (Phi) is 6.84. The fourth-order valence-electron chi connectivity index (χ4n) is 7.77. The first-order valence-corrected chi connectivity index (χ1v) is 17.4. The van der Waals surface area contributed by atoms with Crippen molar-refractivity contribution in [3.05, 3.63) is 188 Å². The van der Waals surface area contributed by atoms with Gasteiger partial charge in [-0.05, 0) is 83.9 Å². The fourth-order valence-corrected chi connectivity index (χ4v) is 7.77. The predicted octanol–water partition coefficient (Wildman–Crippen LogP) is 12.1. The Hall–Kier alpha value is -7.22. The molecule has 0 saturated heterocycles. The number of rotatable bonds is 5. The average molecular weight is 663 g/mol. The summed E-state index contributed by atoms with van der Waals surface area (Å²) < 4.78 is 4.75. The Morgan fingerprint density at radius 2 is 0.904 bits per heavy atom. The van der Waals surface area contributed by atoms with Crippen molar-refractivity contribution in [2.45, 2.75) is 0 Å². The smallest absolute Gasteiger partial charge is 0.0991 e. The molecule has 7 aromatic carbocycles. The summed E-state index contributed by atoms with van der Waals surface area (Å²) in [7, 11) is 0. The summed E-state index contributed by atoms with van der Waals surface area (Å²) in [5, 5.41) is 14.6. The van der Waals surface area contributed by atoms with E-state index in [0.717, 1.165) is 56.0 Å².